The Morgan fingerprint density at radius 1 is 1.17 bits per heavy atom. The number of thioether (sulfide) groups is 1. The first-order chi connectivity index (χ1) is 17.0. The summed E-state index contributed by atoms with van der Waals surface area (Å²) in [5, 5.41) is 15.7. The minimum absolute atomic E-state index is 0.113. The van der Waals surface area contributed by atoms with E-state index in [1.807, 2.05) is 20.8 Å². The molecule has 0 bridgehead atoms. The van der Waals surface area contributed by atoms with Crippen LogP contribution in [0.15, 0.2) is 28.2 Å². The van der Waals surface area contributed by atoms with Crippen LogP contribution < -0.4 is 16.2 Å². The van der Waals surface area contributed by atoms with Crippen LogP contribution in [0.4, 0.5) is 0 Å². The summed E-state index contributed by atoms with van der Waals surface area (Å²) in [5.74, 6) is 0.727. The van der Waals surface area contributed by atoms with Crippen LogP contribution in [0.5, 0.6) is 0 Å². The second kappa shape index (κ2) is 10.6. The molecule has 4 rings (SSSR count). The van der Waals surface area contributed by atoms with Gasteiger partial charge in [-0.2, -0.15) is 0 Å². The average Bonchev–Trinajstić information content (AvgIpc) is 3.46. The van der Waals surface area contributed by atoms with Gasteiger partial charge in [0.15, 0.2) is 5.16 Å². The van der Waals surface area contributed by atoms with Gasteiger partial charge in [0, 0.05) is 23.7 Å². The van der Waals surface area contributed by atoms with Gasteiger partial charge >= 0.3 is 0 Å². The van der Waals surface area contributed by atoms with Crippen molar-refractivity contribution in [1.82, 2.24) is 29.8 Å². The maximum atomic E-state index is 13.5. The first-order valence-electron chi connectivity index (χ1n) is 12.7. The van der Waals surface area contributed by atoms with Gasteiger partial charge in [-0.15, -0.1) is 10.2 Å². The first-order valence-corrected chi connectivity index (χ1v) is 13.7. The summed E-state index contributed by atoms with van der Waals surface area (Å²) in [6.07, 6.45) is 5.05. The number of hydrogen-bond acceptors (Lipinski definition) is 6. The fraction of sp³-hybridized carbons (Fsp3) is 0.577. The Morgan fingerprint density at radius 2 is 1.89 bits per heavy atom. The van der Waals surface area contributed by atoms with Gasteiger partial charge in [0.05, 0.1) is 16.7 Å². The molecule has 1 aliphatic carbocycles. The van der Waals surface area contributed by atoms with E-state index in [0.29, 0.717) is 39.9 Å². The van der Waals surface area contributed by atoms with Crippen LogP contribution in [-0.4, -0.2) is 48.3 Å². The number of nitrogens with one attached hydrogen (secondary N) is 2. The van der Waals surface area contributed by atoms with Crippen molar-refractivity contribution >= 4 is 40.3 Å². The van der Waals surface area contributed by atoms with Crippen LogP contribution >= 0.6 is 11.8 Å². The van der Waals surface area contributed by atoms with Crippen LogP contribution in [0.2, 0.25) is 0 Å². The van der Waals surface area contributed by atoms with Crippen molar-refractivity contribution in [2.45, 2.75) is 90.0 Å². The van der Waals surface area contributed by atoms with E-state index in [1.165, 1.54) is 11.8 Å². The molecule has 10 heteroatoms. The molecule has 1 saturated carbocycles. The molecule has 2 amide bonds. The number of aryl methyl sites for hydroxylation is 1. The summed E-state index contributed by atoms with van der Waals surface area (Å²) in [7, 11) is 0. The second-order valence-corrected chi connectivity index (χ2v) is 12.0. The Bertz CT molecular complexity index is 1330. The van der Waals surface area contributed by atoms with E-state index < -0.39 is 0 Å². The predicted octanol–water partition coefficient (Wildman–Crippen LogP) is 3.77. The molecule has 1 aliphatic rings. The Morgan fingerprint density at radius 3 is 2.56 bits per heavy atom. The topological polar surface area (TPSA) is 110 Å². The number of fused-ring (bicyclic) bond motifs is 3. The molecule has 2 aromatic heterocycles. The van der Waals surface area contributed by atoms with Gasteiger partial charge in [0.25, 0.3) is 11.5 Å². The molecule has 0 saturated heterocycles. The third-order valence-electron chi connectivity index (χ3n) is 6.30. The number of nitrogens with zero attached hydrogens (tertiary/aromatic N) is 4. The second-order valence-electron chi connectivity index (χ2n) is 11.0. The smallest absolute Gasteiger partial charge is 0.262 e. The summed E-state index contributed by atoms with van der Waals surface area (Å²) >= 11 is 1.26. The van der Waals surface area contributed by atoms with Crippen LogP contribution in [0.25, 0.3) is 16.7 Å². The van der Waals surface area contributed by atoms with Gasteiger partial charge < -0.3 is 10.6 Å². The number of aromatic nitrogens is 4. The van der Waals surface area contributed by atoms with Crippen molar-refractivity contribution in [2.75, 3.05) is 5.75 Å². The summed E-state index contributed by atoms with van der Waals surface area (Å²) in [5.41, 5.74) is 0.565. The van der Waals surface area contributed by atoms with Crippen molar-refractivity contribution in [3.8, 4) is 0 Å². The fourth-order valence-electron chi connectivity index (χ4n) is 4.53. The zero-order valence-electron chi connectivity index (χ0n) is 21.8. The lowest BCUT2D eigenvalue weighted by Gasteiger charge is -2.20. The van der Waals surface area contributed by atoms with E-state index in [1.54, 1.807) is 27.2 Å². The predicted molar refractivity (Wildman–Crippen MR) is 143 cm³/mol. The van der Waals surface area contributed by atoms with Crippen molar-refractivity contribution in [3.05, 3.63) is 34.1 Å². The van der Waals surface area contributed by atoms with Crippen LogP contribution in [0.1, 0.15) is 77.1 Å². The number of rotatable bonds is 8. The van der Waals surface area contributed by atoms with Gasteiger partial charge in [-0.3, -0.25) is 23.4 Å². The van der Waals surface area contributed by atoms with Crippen LogP contribution in [-0.2, 0) is 11.3 Å². The Kier molecular flexibility index (Phi) is 7.73. The van der Waals surface area contributed by atoms with Crippen molar-refractivity contribution < 1.29 is 9.59 Å². The molecule has 0 aliphatic heterocycles. The van der Waals surface area contributed by atoms with Crippen LogP contribution in [0.3, 0.4) is 0 Å². The number of carbonyl (C=O) groups excluding carboxylic acids is 2. The third-order valence-corrected chi connectivity index (χ3v) is 7.23. The van der Waals surface area contributed by atoms with Crippen molar-refractivity contribution in [1.29, 1.82) is 0 Å². The number of amides is 2. The van der Waals surface area contributed by atoms with Crippen LogP contribution in [0, 0.1) is 5.92 Å². The maximum absolute atomic E-state index is 13.5. The number of benzene rings is 1. The summed E-state index contributed by atoms with van der Waals surface area (Å²) in [4.78, 5) is 38.9. The molecule has 0 unspecified atom stereocenters. The maximum Gasteiger partial charge on any atom is 0.262 e. The highest BCUT2D eigenvalue weighted by Crippen LogP contribution is 2.24. The van der Waals surface area contributed by atoms with Crippen molar-refractivity contribution in [2.24, 2.45) is 5.92 Å². The van der Waals surface area contributed by atoms with E-state index in [0.717, 1.165) is 32.1 Å². The largest absolute Gasteiger partial charge is 0.351 e. The molecule has 1 aromatic carbocycles. The quantitative estimate of drug-likeness (QED) is 0.445. The molecule has 36 heavy (non-hydrogen) atoms. The molecule has 0 spiro atoms. The summed E-state index contributed by atoms with van der Waals surface area (Å²) in [6.45, 7) is 10.5. The SMILES string of the molecule is CC(C)CCn1c(=O)c2ccc(C(=O)NC3CCCC3)cc2n2c(SCC(=O)NC(C)(C)C)nnc12. The lowest BCUT2D eigenvalue weighted by Crippen LogP contribution is -2.41. The molecule has 194 valence electrons. The summed E-state index contributed by atoms with van der Waals surface area (Å²) < 4.78 is 3.45. The molecular formula is C26H36N6O3S. The standard InChI is InChI=1S/C26H36N6O3S/c1-16(2)12-13-31-23(35)19-11-10-17(22(34)27-18-8-6-7-9-18)14-20(19)32-24(31)29-30-25(32)36-15-21(33)28-26(3,4)5/h10-11,14,16,18H,6-9,12-13,15H2,1-5H3,(H,27,34)(H,28,33). The zero-order valence-corrected chi connectivity index (χ0v) is 22.6. The highest BCUT2D eigenvalue weighted by atomic mass is 32.2. The average molecular weight is 513 g/mol. The highest BCUT2D eigenvalue weighted by Gasteiger charge is 2.22. The lowest BCUT2D eigenvalue weighted by atomic mass is 10.1. The van der Waals surface area contributed by atoms with E-state index >= 15 is 0 Å². The van der Waals surface area contributed by atoms with E-state index in [2.05, 4.69) is 34.7 Å². The molecule has 0 radical (unpaired) electrons. The van der Waals surface area contributed by atoms with Gasteiger partial charge in [0.2, 0.25) is 11.7 Å². The molecule has 2 N–H and O–H groups in total. The molecule has 9 nitrogen and oxygen atoms in total. The minimum atomic E-state index is -0.337. The van der Waals surface area contributed by atoms with E-state index in [-0.39, 0.29) is 34.7 Å². The molecule has 3 aromatic rings. The monoisotopic (exact) mass is 512 g/mol. The number of hydrogen-bond donors (Lipinski definition) is 2. The lowest BCUT2D eigenvalue weighted by molar-refractivity contribution is -0.119. The molecule has 0 atom stereocenters. The molecular weight excluding hydrogens is 476 g/mol. The first kappa shape index (κ1) is 26.2. The normalized spacial score (nSPS) is 14.7. The van der Waals surface area contributed by atoms with Crippen molar-refractivity contribution in [3.63, 3.8) is 0 Å². The molecule has 2 heterocycles. The van der Waals surface area contributed by atoms with Gasteiger partial charge in [-0.25, -0.2) is 0 Å². The van der Waals surface area contributed by atoms with Gasteiger partial charge in [-0.1, -0.05) is 38.5 Å². The fourth-order valence-corrected chi connectivity index (χ4v) is 5.27. The molecule has 1 fully saturated rings. The van der Waals surface area contributed by atoms with E-state index in [9.17, 15) is 14.4 Å². The summed E-state index contributed by atoms with van der Waals surface area (Å²) in [6, 6.07) is 5.36. The Balaban J connectivity index is 1.76. The minimum Gasteiger partial charge on any atom is -0.351 e. The van der Waals surface area contributed by atoms with Gasteiger partial charge in [-0.05, 0) is 64.2 Å². The van der Waals surface area contributed by atoms with Gasteiger partial charge in [0.1, 0.15) is 0 Å². The Labute approximate surface area is 215 Å². The Hall–Kier alpha value is -2.88. The third kappa shape index (κ3) is 5.91. The number of carbonyl (C=O) groups is 2. The zero-order chi connectivity index (χ0) is 26.0. The van der Waals surface area contributed by atoms with E-state index in [4.69, 9.17) is 0 Å². The highest BCUT2D eigenvalue weighted by molar-refractivity contribution is 7.99.